The van der Waals surface area contributed by atoms with Gasteiger partial charge in [0.25, 0.3) is 0 Å². The molecular weight excluding hydrogens is 162 g/mol. The minimum atomic E-state index is 0.0563. The van der Waals surface area contributed by atoms with Crippen LogP contribution in [0.5, 0.6) is 0 Å². The van der Waals surface area contributed by atoms with Crippen LogP contribution in [0, 0.1) is 0 Å². The number of thiocarbonyl (C=S) groups is 2. The van der Waals surface area contributed by atoms with Crippen LogP contribution in [0.1, 0.15) is 0 Å². The van der Waals surface area contributed by atoms with Crippen molar-refractivity contribution < 1.29 is 0 Å². The van der Waals surface area contributed by atoms with Gasteiger partial charge in [-0.25, -0.2) is 4.31 Å². The monoisotopic (exact) mass is 167 g/mol. The highest BCUT2D eigenvalue weighted by molar-refractivity contribution is 7.87. The van der Waals surface area contributed by atoms with Crippen molar-refractivity contribution in [2.24, 2.45) is 11.5 Å². The normalized spacial score (nSPS) is 8.12. The summed E-state index contributed by atoms with van der Waals surface area (Å²) in [6, 6.07) is 0. The molecular formula is C2H5N3S3. The molecule has 3 nitrogen and oxygen atoms in total. The molecule has 0 unspecified atom stereocenters. The van der Waals surface area contributed by atoms with Gasteiger partial charge in [-0.15, -0.1) is 0 Å². The summed E-state index contributed by atoms with van der Waals surface area (Å²) < 4.78 is 1.05. The van der Waals surface area contributed by atoms with E-state index in [4.69, 9.17) is 11.5 Å². The molecule has 0 aliphatic rings. The fraction of sp³-hybridized carbons (Fsp3) is 0. The van der Waals surface area contributed by atoms with Gasteiger partial charge in [0.2, 0.25) is 0 Å². The molecule has 0 amide bonds. The highest BCUT2D eigenvalue weighted by Gasteiger charge is 2.00. The van der Waals surface area contributed by atoms with Crippen molar-refractivity contribution in [1.29, 1.82) is 0 Å². The van der Waals surface area contributed by atoms with E-state index in [1.807, 2.05) is 0 Å². The van der Waals surface area contributed by atoms with Crippen molar-refractivity contribution in [3.63, 3.8) is 0 Å². The average Bonchev–Trinajstić information content (AvgIpc) is 1.64. The summed E-state index contributed by atoms with van der Waals surface area (Å²) in [4.78, 5) is 0. The van der Waals surface area contributed by atoms with Crippen LogP contribution in [0.25, 0.3) is 0 Å². The van der Waals surface area contributed by atoms with Crippen molar-refractivity contribution in [3.8, 4) is 0 Å². The van der Waals surface area contributed by atoms with E-state index < -0.39 is 0 Å². The number of hydrogen-bond acceptors (Lipinski definition) is 3. The molecule has 0 atom stereocenters. The first-order valence-electron chi connectivity index (χ1n) is 1.63. The third kappa shape index (κ3) is 2.29. The maximum atomic E-state index is 5.05. The van der Waals surface area contributed by atoms with Gasteiger partial charge in [-0.2, -0.15) is 0 Å². The van der Waals surface area contributed by atoms with Crippen LogP contribution in [-0.2, 0) is 0 Å². The minimum absolute atomic E-state index is 0.0563. The molecule has 0 aliphatic carbocycles. The van der Waals surface area contributed by atoms with Gasteiger partial charge < -0.3 is 11.5 Å². The summed E-state index contributed by atoms with van der Waals surface area (Å²) in [6.07, 6.45) is 0. The highest BCUT2D eigenvalue weighted by Crippen LogP contribution is 1.89. The van der Waals surface area contributed by atoms with Gasteiger partial charge in [0.15, 0.2) is 10.2 Å². The molecule has 0 aromatic carbocycles. The number of rotatable bonds is 0. The quantitative estimate of drug-likeness (QED) is 0.339. The van der Waals surface area contributed by atoms with Gasteiger partial charge in [-0.3, -0.25) is 0 Å². The van der Waals surface area contributed by atoms with Crippen molar-refractivity contribution in [1.82, 2.24) is 4.31 Å². The van der Waals surface area contributed by atoms with Crippen LogP contribution in [0.3, 0.4) is 0 Å². The van der Waals surface area contributed by atoms with Crippen LogP contribution in [0.2, 0.25) is 0 Å². The van der Waals surface area contributed by atoms with Crippen molar-refractivity contribution >= 4 is 47.5 Å². The van der Waals surface area contributed by atoms with Gasteiger partial charge >= 0.3 is 0 Å². The summed E-state index contributed by atoms with van der Waals surface area (Å²) in [6.45, 7) is 0. The Balaban J connectivity index is 3.83. The highest BCUT2D eigenvalue weighted by atomic mass is 32.1. The Bertz CT molecular complexity index is 108. The summed E-state index contributed by atoms with van der Waals surface area (Å²) in [5.74, 6) is 0. The maximum Gasteiger partial charge on any atom is 0.182 e. The lowest BCUT2D eigenvalue weighted by Crippen LogP contribution is -2.36. The molecule has 8 heavy (non-hydrogen) atoms. The van der Waals surface area contributed by atoms with E-state index in [1.165, 1.54) is 0 Å². The SMILES string of the molecule is NC(=S)N(S)C(N)=S. The second kappa shape index (κ2) is 3.06. The van der Waals surface area contributed by atoms with E-state index in [-0.39, 0.29) is 10.2 Å². The van der Waals surface area contributed by atoms with Crippen LogP contribution in [-0.4, -0.2) is 14.5 Å². The zero-order valence-electron chi connectivity index (χ0n) is 3.87. The van der Waals surface area contributed by atoms with E-state index in [1.54, 1.807) is 0 Å². The van der Waals surface area contributed by atoms with E-state index in [2.05, 4.69) is 37.3 Å². The Hall–Kier alpha value is -0.0700. The van der Waals surface area contributed by atoms with Crippen LogP contribution in [0.4, 0.5) is 0 Å². The largest absolute Gasteiger partial charge is 0.375 e. The molecule has 0 aliphatic heterocycles. The zero-order chi connectivity index (χ0) is 6.73. The Morgan fingerprint density at radius 3 is 1.50 bits per heavy atom. The fourth-order valence-electron chi connectivity index (χ4n) is 0.109. The zero-order valence-corrected chi connectivity index (χ0v) is 6.39. The second-order valence-corrected chi connectivity index (χ2v) is 2.22. The first kappa shape index (κ1) is 7.93. The Morgan fingerprint density at radius 2 is 1.50 bits per heavy atom. The molecule has 0 spiro atoms. The number of thiol groups is 1. The van der Waals surface area contributed by atoms with Gasteiger partial charge in [0.05, 0.1) is 0 Å². The van der Waals surface area contributed by atoms with Gasteiger partial charge in [0, 0.05) is 0 Å². The first-order valence-corrected chi connectivity index (χ1v) is 2.85. The smallest absolute Gasteiger partial charge is 0.182 e. The van der Waals surface area contributed by atoms with Crippen LogP contribution >= 0.6 is 37.3 Å². The third-order valence-electron chi connectivity index (χ3n) is 0.418. The summed E-state index contributed by atoms with van der Waals surface area (Å²) in [5, 5.41) is 0.113. The molecule has 0 bridgehead atoms. The predicted molar refractivity (Wildman–Crippen MR) is 44.4 cm³/mol. The maximum absolute atomic E-state index is 5.05. The van der Waals surface area contributed by atoms with E-state index in [0.29, 0.717) is 0 Å². The Kier molecular flexibility index (Phi) is 3.03. The van der Waals surface area contributed by atoms with Crippen LogP contribution in [0.15, 0.2) is 0 Å². The molecule has 0 radical (unpaired) electrons. The average molecular weight is 167 g/mol. The topological polar surface area (TPSA) is 55.3 Å². The predicted octanol–water partition coefficient (Wildman–Crippen LogP) is -0.380. The lowest BCUT2D eigenvalue weighted by molar-refractivity contribution is 1.04. The van der Waals surface area contributed by atoms with E-state index >= 15 is 0 Å². The Labute approximate surface area is 63.6 Å². The molecule has 0 rings (SSSR count). The molecule has 0 saturated heterocycles. The van der Waals surface area contributed by atoms with Gasteiger partial charge in [-0.05, 0) is 24.4 Å². The fourth-order valence-corrected chi connectivity index (χ4v) is 0.363. The van der Waals surface area contributed by atoms with E-state index in [9.17, 15) is 0 Å². The standard InChI is InChI=1S/C2H5N3S3/c3-1(6)5(8)2(4)7/h8H,(H2,3,6)(H2,4,7). The number of nitrogens with two attached hydrogens (primary N) is 2. The molecule has 0 heterocycles. The lowest BCUT2D eigenvalue weighted by atomic mass is 11.0. The molecule has 4 N–H and O–H groups in total. The second-order valence-electron chi connectivity index (χ2n) is 0.988. The molecule has 6 heteroatoms. The number of hydrogen-bond donors (Lipinski definition) is 3. The van der Waals surface area contributed by atoms with Crippen molar-refractivity contribution in [2.75, 3.05) is 0 Å². The lowest BCUT2D eigenvalue weighted by Gasteiger charge is -2.10. The van der Waals surface area contributed by atoms with Crippen LogP contribution < -0.4 is 11.5 Å². The van der Waals surface area contributed by atoms with Gasteiger partial charge in [0.1, 0.15) is 0 Å². The first-order chi connectivity index (χ1) is 3.55. The summed E-state index contributed by atoms with van der Waals surface area (Å²) in [5.41, 5.74) is 10.1. The van der Waals surface area contributed by atoms with Crippen molar-refractivity contribution in [2.45, 2.75) is 0 Å². The molecule has 0 aromatic heterocycles. The third-order valence-corrected chi connectivity index (χ3v) is 1.48. The molecule has 0 aromatic rings. The van der Waals surface area contributed by atoms with Gasteiger partial charge in [-0.1, -0.05) is 12.8 Å². The summed E-state index contributed by atoms with van der Waals surface area (Å²) in [7, 11) is 0. The Morgan fingerprint density at radius 1 is 1.25 bits per heavy atom. The minimum Gasteiger partial charge on any atom is -0.375 e. The molecule has 0 fully saturated rings. The summed E-state index contributed by atoms with van der Waals surface area (Å²) >= 11 is 12.6. The van der Waals surface area contributed by atoms with E-state index in [0.717, 1.165) is 4.31 Å². The number of nitrogens with zero attached hydrogens (tertiary/aromatic N) is 1. The van der Waals surface area contributed by atoms with Crippen molar-refractivity contribution in [3.05, 3.63) is 0 Å². The molecule has 0 saturated carbocycles. The molecule has 46 valence electrons.